The minimum absolute atomic E-state index is 0.0203. The number of nitrogens with zero attached hydrogens (tertiary/aromatic N) is 1. The monoisotopic (exact) mass is 294 g/mol. The summed E-state index contributed by atoms with van der Waals surface area (Å²) in [5.74, 6) is 1.21. The topological polar surface area (TPSA) is 49.4 Å². The van der Waals surface area contributed by atoms with E-state index in [2.05, 4.69) is 19.2 Å². The van der Waals surface area contributed by atoms with Crippen LogP contribution >= 0.6 is 0 Å². The van der Waals surface area contributed by atoms with E-state index >= 15 is 0 Å². The van der Waals surface area contributed by atoms with Gasteiger partial charge in [-0.15, -0.1) is 0 Å². The average Bonchev–Trinajstić information content (AvgIpc) is 2.46. The van der Waals surface area contributed by atoms with E-state index in [1.165, 1.54) is 6.42 Å². The number of nitrogens with one attached hydrogen (secondary N) is 1. The summed E-state index contributed by atoms with van der Waals surface area (Å²) in [5, 5.41) is 2.96. The largest absolute Gasteiger partial charge is 0.340 e. The van der Waals surface area contributed by atoms with Gasteiger partial charge in [0.25, 0.3) is 0 Å². The van der Waals surface area contributed by atoms with Gasteiger partial charge in [-0.1, -0.05) is 40.5 Å². The van der Waals surface area contributed by atoms with E-state index in [0.29, 0.717) is 24.7 Å². The Hall–Kier alpha value is -1.06. The smallest absolute Gasteiger partial charge is 0.248 e. The van der Waals surface area contributed by atoms with Gasteiger partial charge < -0.3 is 10.2 Å². The second-order valence-corrected chi connectivity index (χ2v) is 7.15. The van der Waals surface area contributed by atoms with Crippen LogP contribution < -0.4 is 5.32 Å². The van der Waals surface area contributed by atoms with Crippen LogP contribution in [-0.4, -0.2) is 34.3 Å². The van der Waals surface area contributed by atoms with E-state index in [0.717, 1.165) is 12.8 Å². The quantitative estimate of drug-likeness (QED) is 0.870. The second-order valence-electron chi connectivity index (χ2n) is 7.15. The van der Waals surface area contributed by atoms with E-state index in [9.17, 15) is 9.59 Å². The van der Waals surface area contributed by atoms with Crippen molar-refractivity contribution >= 4 is 11.8 Å². The van der Waals surface area contributed by atoms with Gasteiger partial charge in [-0.05, 0) is 38.0 Å². The summed E-state index contributed by atoms with van der Waals surface area (Å²) in [7, 11) is 0. The molecule has 1 N–H and O–H groups in total. The first-order valence-corrected chi connectivity index (χ1v) is 8.50. The van der Waals surface area contributed by atoms with Crippen molar-refractivity contribution in [2.45, 2.75) is 84.3 Å². The Morgan fingerprint density at radius 2 is 1.90 bits per heavy atom. The van der Waals surface area contributed by atoms with Gasteiger partial charge in [0.05, 0.1) is 0 Å². The molecule has 1 heterocycles. The third-order valence-corrected chi connectivity index (χ3v) is 5.86. The minimum atomic E-state index is -0.733. The molecule has 1 saturated heterocycles. The van der Waals surface area contributed by atoms with E-state index < -0.39 is 5.54 Å². The third-order valence-electron chi connectivity index (χ3n) is 5.86. The number of amides is 2. The number of hydrogen-bond acceptors (Lipinski definition) is 2. The maximum Gasteiger partial charge on any atom is 0.248 e. The summed E-state index contributed by atoms with van der Waals surface area (Å²) in [6.45, 7) is 10.3. The molecule has 0 aromatic carbocycles. The van der Waals surface area contributed by atoms with Crippen LogP contribution in [0.3, 0.4) is 0 Å². The molecular weight excluding hydrogens is 264 g/mol. The van der Waals surface area contributed by atoms with Gasteiger partial charge in [-0.2, -0.15) is 0 Å². The number of piperazine rings is 1. The Balaban J connectivity index is 2.35. The van der Waals surface area contributed by atoms with Crippen LogP contribution in [0.15, 0.2) is 0 Å². The first-order chi connectivity index (χ1) is 9.85. The summed E-state index contributed by atoms with van der Waals surface area (Å²) in [6, 6.07) is -0.0852. The zero-order valence-electron chi connectivity index (χ0n) is 14.1. The molecule has 0 bridgehead atoms. The van der Waals surface area contributed by atoms with Crippen molar-refractivity contribution in [3.05, 3.63) is 0 Å². The lowest BCUT2D eigenvalue weighted by Gasteiger charge is -2.51. The van der Waals surface area contributed by atoms with Crippen molar-refractivity contribution in [3.63, 3.8) is 0 Å². The fraction of sp³-hybridized carbons (Fsp3) is 0.882. The van der Waals surface area contributed by atoms with Crippen LogP contribution in [0.4, 0.5) is 0 Å². The number of carbonyl (C=O) groups is 2. The van der Waals surface area contributed by atoms with E-state index in [-0.39, 0.29) is 23.9 Å². The van der Waals surface area contributed by atoms with Crippen molar-refractivity contribution in [1.82, 2.24) is 10.2 Å². The normalized spacial score (nSPS) is 41.1. The molecule has 4 nitrogen and oxygen atoms in total. The number of carbonyl (C=O) groups excluding carboxylic acids is 2. The van der Waals surface area contributed by atoms with Crippen molar-refractivity contribution < 1.29 is 9.59 Å². The summed E-state index contributed by atoms with van der Waals surface area (Å²) >= 11 is 0. The summed E-state index contributed by atoms with van der Waals surface area (Å²) < 4.78 is 0. The van der Waals surface area contributed by atoms with Crippen LogP contribution in [0.5, 0.6) is 0 Å². The maximum atomic E-state index is 13.1. The Morgan fingerprint density at radius 3 is 2.48 bits per heavy atom. The fourth-order valence-corrected chi connectivity index (χ4v) is 3.91. The average molecular weight is 294 g/mol. The molecule has 4 heteroatoms. The molecule has 0 aromatic rings. The van der Waals surface area contributed by atoms with Crippen LogP contribution in [0.2, 0.25) is 0 Å². The van der Waals surface area contributed by atoms with E-state index in [4.69, 9.17) is 0 Å². The molecule has 0 aromatic heterocycles. The highest BCUT2D eigenvalue weighted by Gasteiger charge is 2.50. The zero-order valence-corrected chi connectivity index (χ0v) is 14.1. The lowest BCUT2D eigenvalue weighted by Crippen LogP contribution is -2.71. The fourth-order valence-electron chi connectivity index (χ4n) is 3.91. The van der Waals surface area contributed by atoms with E-state index in [1.54, 1.807) is 0 Å². The molecule has 0 radical (unpaired) electrons. The molecule has 21 heavy (non-hydrogen) atoms. The van der Waals surface area contributed by atoms with Crippen LogP contribution in [0.25, 0.3) is 0 Å². The SMILES string of the molecule is CCC1C(=O)NC(C)(CC)C(=O)N1C1CCCC(C)C1C. The summed E-state index contributed by atoms with van der Waals surface area (Å²) in [6.07, 6.45) is 4.74. The molecule has 2 rings (SSSR count). The van der Waals surface area contributed by atoms with Crippen molar-refractivity contribution in [3.8, 4) is 0 Å². The van der Waals surface area contributed by atoms with Crippen molar-refractivity contribution in [1.29, 1.82) is 0 Å². The van der Waals surface area contributed by atoms with Gasteiger partial charge in [-0.3, -0.25) is 9.59 Å². The van der Waals surface area contributed by atoms with Crippen molar-refractivity contribution in [2.75, 3.05) is 0 Å². The summed E-state index contributed by atoms with van der Waals surface area (Å²) in [5.41, 5.74) is -0.733. The molecule has 120 valence electrons. The maximum absolute atomic E-state index is 13.1. The van der Waals surface area contributed by atoms with Gasteiger partial charge in [0.2, 0.25) is 11.8 Å². The van der Waals surface area contributed by atoms with Gasteiger partial charge in [0.15, 0.2) is 0 Å². The Bertz CT molecular complexity index is 423. The molecule has 0 spiro atoms. The number of rotatable bonds is 3. The molecule has 2 aliphatic rings. The predicted molar refractivity (Wildman–Crippen MR) is 83.7 cm³/mol. The van der Waals surface area contributed by atoms with Crippen molar-refractivity contribution in [2.24, 2.45) is 11.8 Å². The Morgan fingerprint density at radius 1 is 1.24 bits per heavy atom. The first kappa shape index (κ1) is 16.3. The molecular formula is C17H30N2O2. The van der Waals surface area contributed by atoms with E-state index in [1.807, 2.05) is 25.7 Å². The number of hydrogen-bond donors (Lipinski definition) is 1. The zero-order chi connectivity index (χ0) is 15.8. The minimum Gasteiger partial charge on any atom is -0.340 e. The van der Waals surface area contributed by atoms with Gasteiger partial charge in [0.1, 0.15) is 11.6 Å². The molecule has 5 atom stereocenters. The third kappa shape index (κ3) is 2.69. The van der Waals surface area contributed by atoms with Gasteiger partial charge in [0, 0.05) is 6.04 Å². The first-order valence-electron chi connectivity index (χ1n) is 8.50. The lowest BCUT2D eigenvalue weighted by atomic mass is 9.75. The van der Waals surface area contributed by atoms with Gasteiger partial charge in [-0.25, -0.2) is 0 Å². The van der Waals surface area contributed by atoms with Crippen LogP contribution in [-0.2, 0) is 9.59 Å². The molecule has 2 fully saturated rings. The highest BCUT2D eigenvalue weighted by atomic mass is 16.2. The highest BCUT2D eigenvalue weighted by Crippen LogP contribution is 2.37. The molecule has 1 aliphatic heterocycles. The van der Waals surface area contributed by atoms with Gasteiger partial charge >= 0.3 is 0 Å². The summed E-state index contributed by atoms with van der Waals surface area (Å²) in [4.78, 5) is 27.5. The molecule has 2 amide bonds. The van der Waals surface area contributed by atoms with Crippen LogP contribution in [0, 0.1) is 11.8 Å². The lowest BCUT2D eigenvalue weighted by molar-refractivity contribution is -0.160. The molecule has 1 saturated carbocycles. The second kappa shape index (κ2) is 5.98. The predicted octanol–water partition coefficient (Wildman–Crippen LogP) is 2.72. The Labute approximate surface area is 128 Å². The Kier molecular flexibility index (Phi) is 4.64. The molecule has 5 unspecified atom stereocenters. The molecule has 1 aliphatic carbocycles. The van der Waals surface area contributed by atoms with Crippen LogP contribution in [0.1, 0.15) is 66.7 Å². The standard InChI is InChI=1S/C17H30N2O2/c1-6-13-15(20)18-17(5,7-2)16(21)19(13)14-10-8-9-11(3)12(14)4/h11-14H,6-10H2,1-5H3,(H,18,20). The highest BCUT2D eigenvalue weighted by molar-refractivity contribution is 5.99.